The number of amides is 1. The van der Waals surface area contributed by atoms with Crippen LogP contribution in [0.15, 0.2) is 59.6 Å². The van der Waals surface area contributed by atoms with Crippen molar-refractivity contribution in [1.29, 1.82) is 0 Å². The van der Waals surface area contributed by atoms with E-state index in [-0.39, 0.29) is 29.9 Å². The number of hydrogen-bond donors (Lipinski definition) is 4. The number of hydrogen-bond acceptors (Lipinski definition) is 4. The number of aliphatic imine (C=N–C) groups is 1. The highest BCUT2D eigenvalue weighted by Crippen LogP contribution is 2.29. The lowest BCUT2D eigenvalue weighted by atomic mass is 10.2. The molecule has 8 heteroatoms. The molecule has 0 saturated carbocycles. The number of aliphatic hydroxyl groups excluding tert-OH is 1. The molecule has 1 unspecified atom stereocenters. The number of carbonyl (C=O) groups excluding carboxylic acids is 1. The summed E-state index contributed by atoms with van der Waals surface area (Å²) in [6.45, 7) is 2.89. The average Bonchev–Trinajstić information content (AvgIpc) is 3.18. The number of benzene rings is 2. The highest BCUT2D eigenvalue weighted by Gasteiger charge is 2.12. The summed E-state index contributed by atoms with van der Waals surface area (Å²) in [6, 6.07) is 17.9. The second kappa shape index (κ2) is 12.6. The molecule has 6 nitrogen and oxygen atoms in total. The van der Waals surface area contributed by atoms with E-state index in [0.717, 1.165) is 27.9 Å². The number of fused-ring (bicyclic) bond motifs is 1. The van der Waals surface area contributed by atoms with E-state index in [4.69, 9.17) is 0 Å². The zero-order chi connectivity index (χ0) is 21.3. The van der Waals surface area contributed by atoms with E-state index in [1.165, 1.54) is 4.70 Å². The molecule has 31 heavy (non-hydrogen) atoms. The van der Waals surface area contributed by atoms with Gasteiger partial charge in [0.05, 0.1) is 0 Å². The number of aliphatic hydroxyl groups is 1. The third-order valence-electron chi connectivity index (χ3n) is 4.61. The van der Waals surface area contributed by atoms with Crippen molar-refractivity contribution in [3.8, 4) is 0 Å². The topological polar surface area (TPSA) is 85.8 Å². The van der Waals surface area contributed by atoms with Gasteiger partial charge in [-0.2, -0.15) is 0 Å². The summed E-state index contributed by atoms with van der Waals surface area (Å²) in [5, 5.41) is 21.0. The fourth-order valence-corrected chi connectivity index (χ4v) is 4.13. The van der Waals surface area contributed by atoms with Gasteiger partial charge in [-0.15, -0.1) is 35.3 Å². The predicted octanol–water partition coefficient (Wildman–Crippen LogP) is 4.66. The van der Waals surface area contributed by atoms with Crippen LogP contribution >= 0.6 is 35.3 Å². The average molecular weight is 552 g/mol. The summed E-state index contributed by atoms with van der Waals surface area (Å²) in [4.78, 5) is 16.9. The van der Waals surface area contributed by atoms with Crippen molar-refractivity contribution in [1.82, 2.24) is 10.6 Å². The van der Waals surface area contributed by atoms with Crippen LogP contribution in [0.2, 0.25) is 0 Å². The number of rotatable bonds is 8. The second-order valence-corrected chi connectivity index (χ2v) is 8.12. The maximum Gasteiger partial charge on any atom is 0.224 e. The van der Waals surface area contributed by atoms with Crippen molar-refractivity contribution < 1.29 is 9.90 Å². The van der Waals surface area contributed by atoms with E-state index in [2.05, 4.69) is 33.1 Å². The highest BCUT2D eigenvalue weighted by atomic mass is 127. The van der Waals surface area contributed by atoms with Gasteiger partial charge in [-0.3, -0.25) is 9.79 Å². The lowest BCUT2D eigenvalue weighted by Gasteiger charge is -2.15. The van der Waals surface area contributed by atoms with E-state index >= 15 is 0 Å². The molecule has 0 radical (unpaired) electrons. The minimum absolute atomic E-state index is 0. The molecule has 0 aliphatic rings. The molecule has 0 spiro atoms. The molecule has 3 rings (SSSR count). The first-order valence-corrected chi connectivity index (χ1v) is 10.9. The largest absolute Gasteiger partial charge is 0.386 e. The van der Waals surface area contributed by atoms with E-state index < -0.39 is 6.10 Å². The number of anilines is 1. The predicted molar refractivity (Wildman–Crippen MR) is 140 cm³/mol. The summed E-state index contributed by atoms with van der Waals surface area (Å²) in [6.07, 6.45) is 0.724. The van der Waals surface area contributed by atoms with Gasteiger partial charge < -0.3 is 21.1 Å². The minimum atomic E-state index is -0.613. The molecule has 1 amide bonds. The summed E-state index contributed by atoms with van der Waals surface area (Å²) in [5.74, 6) is 0.630. The van der Waals surface area contributed by atoms with Crippen LogP contribution in [0.1, 0.15) is 36.3 Å². The second-order valence-electron chi connectivity index (χ2n) is 7.01. The molecule has 1 heterocycles. The first-order valence-electron chi connectivity index (χ1n) is 10.1. The van der Waals surface area contributed by atoms with Crippen LogP contribution in [0.25, 0.3) is 10.1 Å². The summed E-state index contributed by atoms with van der Waals surface area (Å²) in [7, 11) is 1.70. The van der Waals surface area contributed by atoms with Crippen molar-refractivity contribution in [2.24, 2.45) is 4.99 Å². The number of halogens is 1. The molecule has 0 aliphatic heterocycles. The molecule has 0 fully saturated rings. The maximum atomic E-state index is 11.8. The molecule has 0 bridgehead atoms. The van der Waals surface area contributed by atoms with E-state index in [9.17, 15) is 9.90 Å². The Morgan fingerprint density at radius 3 is 2.68 bits per heavy atom. The van der Waals surface area contributed by atoms with Crippen molar-refractivity contribution >= 4 is 63.0 Å². The molecular formula is C23H29IN4O2S. The van der Waals surface area contributed by atoms with Crippen LogP contribution in [0.5, 0.6) is 0 Å². The Bertz CT molecular complexity index is 988. The first kappa shape index (κ1) is 25.1. The summed E-state index contributed by atoms with van der Waals surface area (Å²) < 4.78 is 1.17. The number of nitrogens with zero attached hydrogens (tertiary/aromatic N) is 1. The Morgan fingerprint density at radius 2 is 1.94 bits per heavy atom. The fraction of sp³-hybridized carbons (Fsp3) is 0.304. The third-order valence-corrected chi connectivity index (χ3v) is 5.82. The van der Waals surface area contributed by atoms with Crippen LogP contribution in [0, 0.1) is 0 Å². The summed E-state index contributed by atoms with van der Waals surface area (Å²) >= 11 is 1.60. The Kier molecular flexibility index (Phi) is 10.2. The Balaban J connectivity index is 0.00000341. The number of thiophene rings is 1. The van der Waals surface area contributed by atoms with E-state index in [0.29, 0.717) is 25.5 Å². The van der Waals surface area contributed by atoms with Crippen LogP contribution in [0.4, 0.5) is 5.69 Å². The van der Waals surface area contributed by atoms with Crippen LogP contribution in [-0.4, -0.2) is 30.6 Å². The lowest BCUT2D eigenvalue weighted by Crippen LogP contribution is -2.38. The molecule has 4 N–H and O–H groups in total. The minimum Gasteiger partial charge on any atom is -0.386 e. The fourth-order valence-electron chi connectivity index (χ4n) is 3.08. The number of nitrogens with one attached hydrogen (secondary N) is 3. The Morgan fingerprint density at radius 1 is 1.13 bits per heavy atom. The number of carbonyl (C=O) groups is 1. The van der Waals surface area contributed by atoms with Gasteiger partial charge in [0, 0.05) is 41.8 Å². The van der Waals surface area contributed by atoms with Crippen LogP contribution < -0.4 is 16.0 Å². The Labute approximate surface area is 204 Å². The Hall–Kier alpha value is -2.17. The quantitative estimate of drug-likeness (QED) is 0.186. The summed E-state index contributed by atoms with van der Waals surface area (Å²) in [5.41, 5.74) is 1.81. The molecule has 1 aromatic heterocycles. The van der Waals surface area contributed by atoms with Crippen LogP contribution in [-0.2, 0) is 11.3 Å². The molecule has 2 aromatic carbocycles. The van der Waals surface area contributed by atoms with Crippen molar-refractivity contribution in [3.05, 3.63) is 65.0 Å². The molecule has 0 aliphatic carbocycles. The monoisotopic (exact) mass is 552 g/mol. The highest BCUT2D eigenvalue weighted by molar-refractivity contribution is 14.0. The van der Waals surface area contributed by atoms with Gasteiger partial charge in [0.15, 0.2) is 5.96 Å². The van der Waals surface area contributed by atoms with Gasteiger partial charge in [0.2, 0.25) is 5.91 Å². The molecule has 0 saturated heterocycles. The molecule has 166 valence electrons. The molecule has 1 atom stereocenters. The zero-order valence-electron chi connectivity index (χ0n) is 17.7. The van der Waals surface area contributed by atoms with E-state index in [1.807, 2.05) is 49.4 Å². The van der Waals surface area contributed by atoms with E-state index in [1.54, 1.807) is 18.4 Å². The smallest absolute Gasteiger partial charge is 0.224 e. The van der Waals surface area contributed by atoms with Crippen LogP contribution in [0.3, 0.4) is 0 Å². The van der Waals surface area contributed by atoms with Crippen molar-refractivity contribution in [3.63, 3.8) is 0 Å². The maximum absolute atomic E-state index is 11.8. The van der Waals surface area contributed by atoms with Crippen molar-refractivity contribution in [2.75, 3.05) is 18.9 Å². The van der Waals surface area contributed by atoms with Gasteiger partial charge in [0.25, 0.3) is 0 Å². The zero-order valence-corrected chi connectivity index (χ0v) is 20.9. The number of guanidine groups is 1. The lowest BCUT2D eigenvalue weighted by molar-refractivity contribution is -0.116. The molecular weight excluding hydrogens is 523 g/mol. The van der Waals surface area contributed by atoms with Gasteiger partial charge in [-0.25, -0.2) is 0 Å². The van der Waals surface area contributed by atoms with Gasteiger partial charge in [-0.05, 0) is 41.6 Å². The molecule has 3 aromatic rings. The van der Waals surface area contributed by atoms with Crippen molar-refractivity contribution in [2.45, 2.75) is 32.4 Å². The van der Waals surface area contributed by atoms with Gasteiger partial charge >= 0.3 is 0 Å². The standard InChI is InChI=1S/C23H28N4O2S.HI/c1-3-7-22(29)27-18-10-6-8-16(12-18)14-25-23(24-2)26-15-19(28)21-13-17-9-4-5-11-20(17)30-21;/h4-6,8-13,19,28H,3,7,14-15H2,1-2H3,(H,27,29)(H2,24,25,26);1H. The third kappa shape index (κ3) is 7.48. The SMILES string of the molecule is CCCC(=O)Nc1cccc(CNC(=NC)NCC(O)c2cc3ccccc3s2)c1.I. The van der Waals surface area contributed by atoms with Gasteiger partial charge in [-0.1, -0.05) is 37.3 Å². The van der Waals surface area contributed by atoms with Gasteiger partial charge in [0.1, 0.15) is 6.10 Å². The normalized spacial score (nSPS) is 12.2. The first-order chi connectivity index (χ1) is 14.6.